The lowest BCUT2D eigenvalue weighted by atomic mass is 10.1. The Balaban J connectivity index is 2.30. The zero-order chi connectivity index (χ0) is 12.4. The van der Waals surface area contributed by atoms with Gasteiger partial charge in [0.2, 0.25) is 5.78 Å². The fourth-order valence-electron chi connectivity index (χ4n) is 1.42. The van der Waals surface area contributed by atoms with Gasteiger partial charge in [0.15, 0.2) is 0 Å². The standard InChI is InChI=1S/C12H9Br2NO2/c1-17-8-4-2-7(3-5-8)11(16)10-6-9(13)12(14)15-10/h2-6,15H,1H3. The zero-order valence-electron chi connectivity index (χ0n) is 8.96. The molecule has 0 amide bonds. The number of carbonyl (C=O) groups excluding carboxylic acids is 1. The summed E-state index contributed by atoms with van der Waals surface area (Å²) in [5, 5.41) is 0. The van der Waals surface area contributed by atoms with E-state index >= 15 is 0 Å². The summed E-state index contributed by atoms with van der Waals surface area (Å²) in [4.78, 5) is 15.1. The van der Waals surface area contributed by atoms with Gasteiger partial charge < -0.3 is 9.72 Å². The summed E-state index contributed by atoms with van der Waals surface area (Å²) in [6.45, 7) is 0. The Hall–Kier alpha value is -1.07. The largest absolute Gasteiger partial charge is 0.497 e. The highest BCUT2D eigenvalue weighted by Crippen LogP contribution is 2.24. The number of hydrogen-bond donors (Lipinski definition) is 1. The molecule has 0 saturated carbocycles. The third-order valence-electron chi connectivity index (χ3n) is 2.32. The summed E-state index contributed by atoms with van der Waals surface area (Å²) >= 11 is 6.63. The van der Waals surface area contributed by atoms with Crippen LogP contribution in [-0.4, -0.2) is 17.9 Å². The first-order valence-electron chi connectivity index (χ1n) is 4.84. The van der Waals surface area contributed by atoms with E-state index in [1.165, 1.54) is 0 Å². The first-order valence-corrected chi connectivity index (χ1v) is 6.43. The van der Waals surface area contributed by atoms with E-state index < -0.39 is 0 Å². The number of carbonyl (C=O) groups is 1. The highest BCUT2D eigenvalue weighted by atomic mass is 79.9. The van der Waals surface area contributed by atoms with Gasteiger partial charge in [-0.3, -0.25) is 4.79 Å². The summed E-state index contributed by atoms with van der Waals surface area (Å²) < 4.78 is 6.63. The zero-order valence-corrected chi connectivity index (χ0v) is 12.1. The van der Waals surface area contributed by atoms with Crippen molar-refractivity contribution in [3.8, 4) is 5.75 Å². The molecule has 1 aromatic heterocycles. The number of benzene rings is 1. The summed E-state index contributed by atoms with van der Waals surface area (Å²) in [6, 6.07) is 8.75. The van der Waals surface area contributed by atoms with Crippen molar-refractivity contribution >= 4 is 37.6 Å². The number of aromatic nitrogens is 1. The molecular weight excluding hydrogens is 350 g/mol. The van der Waals surface area contributed by atoms with Gasteiger partial charge >= 0.3 is 0 Å². The molecule has 0 bridgehead atoms. The van der Waals surface area contributed by atoms with E-state index in [4.69, 9.17) is 4.74 Å². The number of ketones is 1. The van der Waals surface area contributed by atoms with Crippen molar-refractivity contribution in [3.05, 3.63) is 50.7 Å². The number of H-pyrrole nitrogens is 1. The third-order valence-corrected chi connectivity index (χ3v) is 4.10. The van der Waals surface area contributed by atoms with Gasteiger partial charge in [-0.25, -0.2) is 0 Å². The van der Waals surface area contributed by atoms with E-state index in [1.807, 2.05) is 0 Å². The smallest absolute Gasteiger partial charge is 0.209 e. The number of hydrogen-bond acceptors (Lipinski definition) is 2. The maximum Gasteiger partial charge on any atom is 0.209 e. The summed E-state index contributed by atoms with van der Waals surface area (Å²) in [5.74, 6) is 0.675. The van der Waals surface area contributed by atoms with Gasteiger partial charge in [-0.2, -0.15) is 0 Å². The molecule has 2 rings (SSSR count). The molecule has 0 aliphatic heterocycles. The van der Waals surface area contributed by atoms with Crippen LogP contribution in [0.25, 0.3) is 0 Å². The average Bonchev–Trinajstić information content (AvgIpc) is 2.69. The maximum atomic E-state index is 12.1. The molecule has 3 nitrogen and oxygen atoms in total. The van der Waals surface area contributed by atoms with Crippen LogP contribution in [0.5, 0.6) is 5.75 Å². The molecule has 17 heavy (non-hydrogen) atoms. The molecule has 0 aliphatic rings. The average molecular weight is 359 g/mol. The van der Waals surface area contributed by atoms with Crippen molar-refractivity contribution < 1.29 is 9.53 Å². The Morgan fingerprint density at radius 2 is 1.88 bits per heavy atom. The van der Waals surface area contributed by atoms with Crippen LogP contribution in [0.15, 0.2) is 39.4 Å². The van der Waals surface area contributed by atoms with Crippen LogP contribution in [0, 0.1) is 0 Å². The lowest BCUT2D eigenvalue weighted by molar-refractivity contribution is 0.103. The van der Waals surface area contributed by atoms with Crippen LogP contribution in [0.1, 0.15) is 16.1 Å². The van der Waals surface area contributed by atoms with Crippen LogP contribution in [0.4, 0.5) is 0 Å². The van der Waals surface area contributed by atoms with E-state index in [0.717, 1.165) is 14.8 Å². The third kappa shape index (κ3) is 2.61. The molecule has 0 fully saturated rings. The Morgan fingerprint density at radius 3 is 2.35 bits per heavy atom. The normalized spacial score (nSPS) is 10.3. The van der Waals surface area contributed by atoms with Crippen LogP contribution >= 0.6 is 31.9 Å². The number of aromatic amines is 1. The lowest BCUT2D eigenvalue weighted by Gasteiger charge is -2.01. The van der Waals surface area contributed by atoms with E-state index in [9.17, 15) is 4.79 Å². The number of halogens is 2. The Morgan fingerprint density at radius 1 is 1.24 bits per heavy atom. The van der Waals surface area contributed by atoms with Crippen molar-refractivity contribution in [2.45, 2.75) is 0 Å². The minimum absolute atomic E-state index is 0.0564. The van der Waals surface area contributed by atoms with Crippen molar-refractivity contribution in [1.82, 2.24) is 4.98 Å². The topological polar surface area (TPSA) is 42.1 Å². The highest BCUT2D eigenvalue weighted by Gasteiger charge is 2.13. The van der Waals surface area contributed by atoms with Gasteiger partial charge in [0.1, 0.15) is 5.75 Å². The van der Waals surface area contributed by atoms with Crippen LogP contribution in [0.3, 0.4) is 0 Å². The summed E-state index contributed by atoms with van der Waals surface area (Å²) in [5.41, 5.74) is 1.15. The number of ether oxygens (including phenoxy) is 1. The van der Waals surface area contributed by atoms with Crippen LogP contribution in [-0.2, 0) is 0 Å². The summed E-state index contributed by atoms with van der Waals surface area (Å²) in [6.07, 6.45) is 0. The number of rotatable bonds is 3. The first-order chi connectivity index (χ1) is 8.11. The van der Waals surface area contributed by atoms with Gasteiger partial charge in [-0.15, -0.1) is 0 Å². The van der Waals surface area contributed by atoms with Gasteiger partial charge in [-0.05, 0) is 62.2 Å². The molecule has 0 unspecified atom stereocenters. The van der Waals surface area contributed by atoms with E-state index in [-0.39, 0.29) is 5.78 Å². The molecule has 1 N–H and O–H groups in total. The van der Waals surface area contributed by atoms with E-state index in [2.05, 4.69) is 36.8 Å². The second kappa shape index (κ2) is 5.06. The van der Waals surface area contributed by atoms with Gasteiger partial charge in [0.05, 0.1) is 21.9 Å². The Labute approximate surface area is 115 Å². The van der Waals surface area contributed by atoms with Crippen molar-refractivity contribution in [1.29, 1.82) is 0 Å². The van der Waals surface area contributed by atoms with E-state index in [1.54, 1.807) is 37.4 Å². The summed E-state index contributed by atoms with van der Waals surface area (Å²) in [7, 11) is 1.59. The fourth-order valence-corrected chi connectivity index (χ4v) is 2.08. The molecule has 0 aliphatic carbocycles. The van der Waals surface area contributed by atoms with Gasteiger partial charge in [0.25, 0.3) is 0 Å². The molecular formula is C12H9Br2NO2. The molecule has 0 atom stereocenters. The van der Waals surface area contributed by atoms with Crippen LogP contribution in [0.2, 0.25) is 0 Å². The second-order valence-corrected chi connectivity index (χ2v) is 5.05. The number of methoxy groups -OCH3 is 1. The molecule has 0 radical (unpaired) electrons. The number of nitrogens with one attached hydrogen (secondary N) is 1. The highest BCUT2D eigenvalue weighted by molar-refractivity contribution is 9.13. The second-order valence-electron chi connectivity index (χ2n) is 3.40. The molecule has 88 valence electrons. The quantitative estimate of drug-likeness (QED) is 0.848. The first kappa shape index (κ1) is 12.4. The van der Waals surface area contributed by atoms with Gasteiger partial charge in [-0.1, -0.05) is 0 Å². The predicted octanol–water partition coefficient (Wildman–Crippen LogP) is 3.78. The van der Waals surface area contributed by atoms with Crippen molar-refractivity contribution in [2.24, 2.45) is 0 Å². The molecule has 2 aromatic rings. The minimum atomic E-state index is -0.0564. The lowest BCUT2D eigenvalue weighted by Crippen LogP contribution is -2.01. The Bertz CT molecular complexity index is 527. The van der Waals surface area contributed by atoms with Gasteiger partial charge in [0, 0.05) is 5.56 Å². The minimum Gasteiger partial charge on any atom is -0.497 e. The molecule has 1 heterocycles. The molecule has 0 spiro atoms. The van der Waals surface area contributed by atoms with Crippen molar-refractivity contribution in [3.63, 3.8) is 0 Å². The predicted molar refractivity (Wildman–Crippen MR) is 72.6 cm³/mol. The monoisotopic (exact) mass is 357 g/mol. The Kier molecular flexibility index (Phi) is 3.69. The van der Waals surface area contributed by atoms with Crippen molar-refractivity contribution in [2.75, 3.05) is 7.11 Å². The van der Waals surface area contributed by atoms with Crippen LogP contribution < -0.4 is 4.74 Å². The fraction of sp³-hybridized carbons (Fsp3) is 0.0833. The van der Waals surface area contributed by atoms with E-state index in [0.29, 0.717) is 11.3 Å². The molecule has 5 heteroatoms. The SMILES string of the molecule is COc1ccc(C(=O)c2cc(Br)c(Br)[nH]2)cc1. The maximum absolute atomic E-state index is 12.1. The molecule has 0 saturated heterocycles. The molecule has 1 aromatic carbocycles.